The van der Waals surface area contributed by atoms with Crippen LogP contribution < -0.4 is 5.56 Å². The molecule has 1 aromatic rings. The van der Waals surface area contributed by atoms with E-state index in [9.17, 15) is 4.79 Å². The third kappa shape index (κ3) is 6.74. The third-order valence-corrected chi connectivity index (χ3v) is 0.658. The van der Waals surface area contributed by atoms with Gasteiger partial charge in [-0.3, -0.25) is 4.79 Å². The van der Waals surface area contributed by atoms with Gasteiger partial charge in [-0.25, -0.2) is 4.98 Å². The van der Waals surface area contributed by atoms with Gasteiger partial charge in [-0.2, -0.15) is 0 Å². The maximum Gasteiger partial charge on any atom is 0.631 e. The first kappa shape index (κ1) is 10.6. The molecule has 0 spiro atoms. The topological polar surface area (TPSA) is 127 Å². The van der Waals surface area contributed by atoms with Gasteiger partial charge in [-0.15, -0.1) is 0 Å². The number of aromatic nitrogens is 2. The van der Waals surface area contributed by atoms with Crippen LogP contribution in [0.3, 0.4) is 0 Å². The molecule has 0 saturated carbocycles. The maximum atomic E-state index is 10.2. The van der Waals surface area contributed by atoms with Crippen molar-refractivity contribution in [3.63, 3.8) is 0 Å². The minimum absolute atomic E-state index is 0.176. The zero-order chi connectivity index (χ0) is 9.56. The Bertz CT molecular complexity index is 251. The van der Waals surface area contributed by atoms with Crippen LogP contribution in [0.15, 0.2) is 17.2 Å². The van der Waals surface area contributed by atoms with E-state index in [1.165, 1.54) is 0 Å². The standard InChI is InChI=1S/C4H4N2O2.BH3O3/c7-3-1-5-4(8)2-6-3;2-1(3)4/h1-2H,(H,5,8)(H,6,7);2-4H. The molecule has 0 amide bonds. The lowest BCUT2D eigenvalue weighted by Crippen LogP contribution is -2.07. The van der Waals surface area contributed by atoms with Crippen molar-refractivity contribution in [1.29, 1.82) is 0 Å². The van der Waals surface area contributed by atoms with Crippen LogP contribution >= 0.6 is 0 Å². The Labute approximate surface area is 67.1 Å². The van der Waals surface area contributed by atoms with E-state index in [-0.39, 0.29) is 11.4 Å². The van der Waals surface area contributed by atoms with Crippen LogP contribution in [0.5, 0.6) is 5.88 Å². The van der Waals surface area contributed by atoms with Gasteiger partial charge in [0.15, 0.2) is 0 Å². The summed E-state index contributed by atoms with van der Waals surface area (Å²) in [5.74, 6) is -0.176. The molecule has 1 rings (SSSR count). The average Bonchev–Trinajstić information content (AvgIpc) is 1.94. The first-order chi connectivity index (χ1) is 5.52. The molecule has 1 aromatic heterocycles. The molecule has 0 fully saturated rings. The molecule has 0 aliphatic carbocycles. The summed E-state index contributed by atoms with van der Waals surface area (Å²) >= 11 is 0. The van der Waals surface area contributed by atoms with E-state index in [0.717, 1.165) is 12.4 Å². The van der Waals surface area contributed by atoms with Crippen LogP contribution in [0.2, 0.25) is 0 Å². The summed E-state index contributed by atoms with van der Waals surface area (Å²) in [6, 6.07) is 0. The fourth-order valence-corrected chi connectivity index (χ4v) is 0.335. The van der Waals surface area contributed by atoms with Gasteiger partial charge in [0.1, 0.15) is 0 Å². The lowest BCUT2D eigenvalue weighted by atomic mass is 10.3. The van der Waals surface area contributed by atoms with Crippen LogP contribution in [0.25, 0.3) is 0 Å². The van der Waals surface area contributed by atoms with Crippen molar-refractivity contribution in [1.82, 2.24) is 9.97 Å². The van der Waals surface area contributed by atoms with E-state index < -0.39 is 7.32 Å². The number of H-pyrrole nitrogens is 1. The number of aromatic amines is 1. The van der Waals surface area contributed by atoms with E-state index in [2.05, 4.69) is 9.97 Å². The fraction of sp³-hybridized carbons (Fsp3) is 0. The number of aromatic hydroxyl groups is 1. The van der Waals surface area contributed by atoms with Crippen molar-refractivity contribution < 1.29 is 20.2 Å². The Morgan fingerprint density at radius 3 is 2.17 bits per heavy atom. The van der Waals surface area contributed by atoms with Gasteiger partial charge in [-0.1, -0.05) is 0 Å². The summed E-state index contributed by atoms with van der Waals surface area (Å²) < 4.78 is 0. The Hall–Kier alpha value is -1.38. The first-order valence-electron chi connectivity index (χ1n) is 2.80. The second-order valence-electron chi connectivity index (χ2n) is 1.62. The summed E-state index contributed by atoms with van der Waals surface area (Å²) in [5, 5.41) is 30.0. The van der Waals surface area contributed by atoms with Crippen molar-refractivity contribution >= 4 is 7.32 Å². The van der Waals surface area contributed by atoms with Crippen LogP contribution in [-0.2, 0) is 0 Å². The molecule has 0 radical (unpaired) electrons. The largest absolute Gasteiger partial charge is 0.631 e. The summed E-state index contributed by atoms with van der Waals surface area (Å²) in [6.45, 7) is 0. The van der Waals surface area contributed by atoms with Crippen LogP contribution in [0, 0.1) is 0 Å². The molecular formula is C4H7BN2O5. The Kier molecular flexibility index (Phi) is 4.69. The molecule has 8 heteroatoms. The number of hydrogen-bond acceptors (Lipinski definition) is 6. The molecular weight excluding hydrogens is 167 g/mol. The molecule has 7 nitrogen and oxygen atoms in total. The maximum absolute atomic E-state index is 10.2. The fourth-order valence-electron chi connectivity index (χ4n) is 0.335. The summed E-state index contributed by atoms with van der Waals surface area (Å²) in [4.78, 5) is 15.7. The molecule has 66 valence electrons. The zero-order valence-electron chi connectivity index (χ0n) is 5.88. The molecule has 5 N–H and O–H groups in total. The molecule has 12 heavy (non-hydrogen) atoms. The normalized spacial score (nSPS) is 8.25. The highest BCUT2D eigenvalue weighted by molar-refractivity contribution is 6.30. The minimum Gasteiger partial charge on any atom is -0.492 e. The molecule has 0 unspecified atom stereocenters. The number of hydrogen-bond donors (Lipinski definition) is 5. The molecule has 0 aliphatic rings. The third-order valence-electron chi connectivity index (χ3n) is 0.658. The number of nitrogens with one attached hydrogen (secondary N) is 1. The predicted molar refractivity (Wildman–Crippen MR) is 38.9 cm³/mol. The number of nitrogens with zero attached hydrogens (tertiary/aromatic N) is 1. The van der Waals surface area contributed by atoms with Crippen LogP contribution in [0.1, 0.15) is 0 Å². The Morgan fingerprint density at radius 2 is 1.92 bits per heavy atom. The highest BCUT2D eigenvalue weighted by atomic mass is 16.5. The highest BCUT2D eigenvalue weighted by Gasteiger charge is 1.92. The van der Waals surface area contributed by atoms with Crippen molar-refractivity contribution in [3.05, 3.63) is 22.7 Å². The van der Waals surface area contributed by atoms with Gasteiger partial charge < -0.3 is 25.2 Å². The predicted octanol–water partition coefficient (Wildman–Crippen LogP) is -2.58. The van der Waals surface area contributed by atoms with Gasteiger partial charge in [0.2, 0.25) is 5.88 Å². The van der Waals surface area contributed by atoms with Gasteiger partial charge in [0.05, 0.1) is 12.4 Å². The van der Waals surface area contributed by atoms with E-state index in [1.54, 1.807) is 0 Å². The van der Waals surface area contributed by atoms with E-state index in [0.29, 0.717) is 0 Å². The first-order valence-corrected chi connectivity index (χ1v) is 2.80. The molecule has 0 atom stereocenters. The average molecular weight is 174 g/mol. The summed E-state index contributed by atoms with van der Waals surface area (Å²) in [6.07, 6.45) is 2.14. The molecule has 0 saturated heterocycles. The van der Waals surface area contributed by atoms with Crippen molar-refractivity contribution in [2.24, 2.45) is 0 Å². The highest BCUT2D eigenvalue weighted by Crippen LogP contribution is 1.90. The van der Waals surface area contributed by atoms with Crippen LogP contribution in [0.4, 0.5) is 0 Å². The second-order valence-corrected chi connectivity index (χ2v) is 1.62. The molecule has 1 heterocycles. The monoisotopic (exact) mass is 174 g/mol. The van der Waals surface area contributed by atoms with E-state index >= 15 is 0 Å². The van der Waals surface area contributed by atoms with Gasteiger partial charge in [-0.05, 0) is 0 Å². The lowest BCUT2D eigenvalue weighted by molar-refractivity contribution is 0.278. The van der Waals surface area contributed by atoms with Gasteiger partial charge in [0, 0.05) is 0 Å². The molecule has 0 bridgehead atoms. The van der Waals surface area contributed by atoms with Gasteiger partial charge >= 0.3 is 7.32 Å². The van der Waals surface area contributed by atoms with Crippen molar-refractivity contribution in [2.45, 2.75) is 0 Å². The zero-order valence-corrected chi connectivity index (χ0v) is 5.88. The van der Waals surface area contributed by atoms with Crippen molar-refractivity contribution in [2.75, 3.05) is 0 Å². The van der Waals surface area contributed by atoms with Crippen molar-refractivity contribution in [3.8, 4) is 5.88 Å². The Morgan fingerprint density at radius 1 is 1.42 bits per heavy atom. The SMILES string of the molecule is O=c1cnc(O)c[nH]1.OB(O)O. The smallest absolute Gasteiger partial charge is 0.492 e. The summed E-state index contributed by atoms with van der Waals surface area (Å²) in [5.41, 5.74) is -0.317. The van der Waals surface area contributed by atoms with Crippen LogP contribution in [-0.4, -0.2) is 37.5 Å². The summed E-state index contributed by atoms with van der Waals surface area (Å²) in [7, 11) is -2.17. The van der Waals surface area contributed by atoms with Gasteiger partial charge in [0.25, 0.3) is 5.56 Å². The second kappa shape index (κ2) is 5.30. The molecule has 0 aromatic carbocycles. The molecule has 0 aliphatic heterocycles. The van der Waals surface area contributed by atoms with E-state index in [4.69, 9.17) is 20.2 Å². The quantitative estimate of drug-likeness (QED) is 0.275. The van der Waals surface area contributed by atoms with E-state index in [1.807, 2.05) is 0 Å². The lowest BCUT2D eigenvalue weighted by Gasteiger charge is -1.82. The minimum atomic E-state index is -2.17. The Balaban J connectivity index is 0.000000261. The number of rotatable bonds is 0.